The van der Waals surface area contributed by atoms with Crippen LogP contribution in [0.3, 0.4) is 0 Å². The molecular formula is C15H12F3NO4. The molecule has 0 spiro atoms. The third-order valence-corrected chi connectivity index (χ3v) is 3.73. The fraction of sp³-hybridized carbons (Fsp3) is 0.333. The molecule has 0 saturated heterocycles. The number of para-hydroxylation sites is 1. The molecule has 0 aliphatic heterocycles. The fourth-order valence-corrected chi connectivity index (χ4v) is 2.44. The Labute approximate surface area is 128 Å². The zero-order valence-electron chi connectivity index (χ0n) is 11.8. The number of rotatable bonds is 4. The van der Waals surface area contributed by atoms with Crippen LogP contribution < -0.4 is 9.47 Å². The minimum Gasteiger partial charge on any atom is -0.478 e. The van der Waals surface area contributed by atoms with Gasteiger partial charge in [0.25, 0.3) is 0 Å². The summed E-state index contributed by atoms with van der Waals surface area (Å²) >= 11 is 0. The van der Waals surface area contributed by atoms with Crippen LogP contribution >= 0.6 is 0 Å². The van der Waals surface area contributed by atoms with Crippen LogP contribution in [-0.2, 0) is 4.79 Å². The van der Waals surface area contributed by atoms with Crippen molar-refractivity contribution in [2.24, 2.45) is 0 Å². The van der Waals surface area contributed by atoms with Crippen molar-refractivity contribution in [3.05, 3.63) is 30.3 Å². The van der Waals surface area contributed by atoms with Crippen molar-refractivity contribution >= 4 is 16.9 Å². The van der Waals surface area contributed by atoms with E-state index in [1.54, 1.807) is 18.2 Å². The van der Waals surface area contributed by atoms with Gasteiger partial charge in [0, 0.05) is 11.5 Å². The molecule has 1 aliphatic rings. The maximum Gasteiger partial charge on any atom is 0.574 e. The zero-order chi connectivity index (χ0) is 16.7. The molecule has 1 aliphatic carbocycles. The Morgan fingerprint density at radius 1 is 1.26 bits per heavy atom. The van der Waals surface area contributed by atoms with Crippen molar-refractivity contribution in [2.45, 2.75) is 31.2 Å². The van der Waals surface area contributed by atoms with E-state index in [4.69, 9.17) is 4.74 Å². The lowest BCUT2D eigenvalue weighted by molar-refractivity contribution is -0.276. The Kier molecular flexibility index (Phi) is 3.54. The molecular weight excluding hydrogens is 315 g/mol. The number of alkyl halides is 3. The first-order chi connectivity index (χ1) is 10.8. The molecule has 1 aromatic heterocycles. The average molecular weight is 327 g/mol. The molecule has 23 heavy (non-hydrogen) atoms. The summed E-state index contributed by atoms with van der Waals surface area (Å²) in [5.74, 6) is -1.81. The van der Waals surface area contributed by atoms with Crippen molar-refractivity contribution in [3.63, 3.8) is 0 Å². The Hall–Kier alpha value is -2.51. The smallest absolute Gasteiger partial charge is 0.478 e. The maximum atomic E-state index is 12.4. The highest BCUT2D eigenvalue weighted by molar-refractivity contribution is 5.87. The van der Waals surface area contributed by atoms with Gasteiger partial charge in [-0.25, -0.2) is 9.78 Å². The quantitative estimate of drug-likeness (QED) is 0.930. The number of carbonyl (C=O) groups is 1. The largest absolute Gasteiger partial charge is 0.574 e. The summed E-state index contributed by atoms with van der Waals surface area (Å²) in [4.78, 5) is 15.2. The fourth-order valence-electron chi connectivity index (χ4n) is 2.44. The molecule has 3 rings (SSSR count). The van der Waals surface area contributed by atoms with Gasteiger partial charge < -0.3 is 14.6 Å². The van der Waals surface area contributed by atoms with E-state index in [0.717, 1.165) is 6.07 Å². The first kappa shape index (κ1) is 15.4. The SMILES string of the molecule is O=C(O)C1(Oc2cc(OC(F)(F)F)nc3ccccc23)CCC1. The summed E-state index contributed by atoms with van der Waals surface area (Å²) < 4.78 is 46.7. The lowest BCUT2D eigenvalue weighted by Gasteiger charge is -2.37. The highest BCUT2D eigenvalue weighted by Crippen LogP contribution is 2.40. The van der Waals surface area contributed by atoms with E-state index in [0.29, 0.717) is 24.6 Å². The van der Waals surface area contributed by atoms with Gasteiger partial charge in [0.2, 0.25) is 11.5 Å². The van der Waals surface area contributed by atoms with E-state index in [2.05, 4.69) is 9.72 Å². The number of carboxylic acid groups (broad SMARTS) is 1. The number of hydrogen-bond donors (Lipinski definition) is 1. The monoisotopic (exact) mass is 327 g/mol. The maximum absolute atomic E-state index is 12.4. The lowest BCUT2D eigenvalue weighted by Crippen LogP contribution is -2.50. The third kappa shape index (κ3) is 3.01. The van der Waals surface area contributed by atoms with Crippen LogP contribution in [0.1, 0.15) is 19.3 Å². The molecule has 1 aromatic carbocycles. The van der Waals surface area contributed by atoms with Gasteiger partial charge in [-0.2, -0.15) is 0 Å². The Morgan fingerprint density at radius 3 is 2.52 bits per heavy atom. The third-order valence-electron chi connectivity index (χ3n) is 3.73. The van der Waals surface area contributed by atoms with E-state index >= 15 is 0 Å². The molecule has 1 fully saturated rings. The van der Waals surface area contributed by atoms with Crippen LogP contribution in [0.25, 0.3) is 10.9 Å². The number of benzene rings is 1. The number of aromatic nitrogens is 1. The van der Waals surface area contributed by atoms with Gasteiger partial charge in [-0.1, -0.05) is 12.1 Å². The summed E-state index contributed by atoms with van der Waals surface area (Å²) in [7, 11) is 0. The van der Waals surface area contributed by atoms with Crippen LogP contribution in [-0.4, -0.2) is 28.0 Å². The van der Waals surface area contributed by atoms with Crippen molar-refractivity contribution in [1.82, 2.24) is 4.98 Å². The van der Waals surface area contributed by atoms with Crippen molar-refractivity contribution in [3.8, 4) is 11.6 Å². The van der Waals surface area contributed by atoms with Gasteiger partial charge in [0.1, 0.15) is 5.75 Å². The summed E-state index contributed by atoms with van der Waals surface area (Å²) in [6.07, 6.45) is -3.61. The molecule has 5 nitrogen and oxygen atoms in total. The normalized spacial score (nSPS) is 16.7. The second kappa shape index (κ2) is 5.29. The molecule has 0 atom stereocenters. The zero-order valence-corrected chi connectivity index (χ0v) is 11.8. The number of ether oxygens (including phenoxy) is 2. The van der Waals surface area contributed by atoms with Crippen molar-refractivity contribution in [2.75, 3.05) is 0 Å². The number of aliphatic carboxylic acids is 1. The van der Waals surface area contributed by atoms with Gasteiger partial charge in [-0.3, -0.25) is 0 Å². The highest BCUT2D eigenvalue weighted by atomic mass is 19.4. The molecule has 2 aromatic rings. The first-order valence-electron chi connectivity index (χ1n) is 6.87. The molecule has 0 unspecified atom stereocenters. The van der Waals surface area contributed by atoms with Gasteiger partial charge in [0.05, 0.1) is 5.52 Å². The van der Waals surface area contributed by atoms with Gasteiger partial charge in [-0.15, -0.1) is 13.2 Å². The summed E-state index contributed by atoms with van der Waals surface area (Å²) in [6, 6.07) is 7.34. The van der Waals surface area contributed by atoms with Gasteiger partial charge in [0.15, 0.2) is 0 Å². The van der Waals surface area contributed by atoms with E-state index in [9.17, 15) is 23.1 Å². The van der Waals surface area contributed by atoms with Crippen LogP contribution in [0.2, 0.25) is 0 Å². The molecule has 0 radical (unpaired) electrons. The Balaban J connectivity index is 2.05. The summed E-state index contributed by atoms with van der Waals surface area (Å²) in [6.45, 7) is 0. The van der Waals surface area contributed by atoms with Crippen LogP contribution in [0.4, 0.5) is 13.2 Å². The van der Waals surface area contributed by atoms with Gasteiger partial charge in [-0.05, 0) is 31.4 Å². The number of halogens is 3. The van der Waals surface area contributed by atoms with Gasteiger partial charge >= 0.3 is 12.3 Å². The number of fused-ring (bicyclic) bond motifs is 1. The molecule has 1 heterocycles. The van der Waals surface area contributed by atoms with Crippen LogP contribution in [0.5, 0.6) is 11.6 Å². The topological polar surface area (TPSA) is 68.7 Å². The molecule has 1 saturated carbocycles. The molecule has 0 bridgehead atoms. The Bertz CT molecular complexity index is 756. The standard InChI is InChI=1S/C15H12F3NO4/c16-15(17,18)23-12-8-11(9-4-1-2-5-10(9)19-12)22-14(13(20)21)6-3-7-14/h1-2,4-5,8H,3,6-7H2,(H,20,21). The minimum atomic E-state index is -4.90. The second-order valence-electron chi connectivity index (χ2n) is 5.28. The number of carboxylic acids is 1. The lowest BCUT2D eigenvalue weighted by atomic mass is 9.80. The van der Waals surface area contributed by atoms with E-state index in [1.165, 1.54) is 6.07 Å². The van der Waals surface area contributed by atoms with Crippen LogP contribution in [0, 0.1) is 0 Å². The highest BCUT2D eigenvalue weighted by Gasteiger charge is 2.47. The first-order valence-corrected chi connectivity index (χ1v) is 6.87. The predicted octanol–water partition coefficient (Wildman–Crippen LogP) is 3.52. The molecule has 1 N–H and O–H groups in total. The number of pyridine rings is 1. The van der Waals surface area contributed by atoms with E-state index in [1.807, 2.05) is 0 Å². The molecule has 122 valence electrons. The van der Waals surface area contributed by atoms with E-state index in [-0.39, 0.29) is 11.3 Å². The second-order valence-corrected chi connectivity index (χ2v) is 5.28. The van der Waals surface area contributed by atoms with Crippen molar-refractivity contribution in [1.29, 1.82) is 0 Å². The molecule has 0 amide bonds. The average Bonchev–Trinajstić information content (AvgIpc) is 2.40. The van der Waals surface area contributed by atoms with Crippen molar-refractivity contribution < 1.29 is 32.5 Å². The predicted molar refractivity (Wildman–Crippen MR) is 73.3 cm³/mol. The number of hydrogen-bond acceptors (Lipinski definition) is 4. The molecule has 8 heteroatoms. The Morgan fingerprint density at radius 2 is 1.96 bits per heavy atom. The van der Waals surface area contributed by atoms with E-state index < -0.39 is 23.8 Å². The minimum absolute atomic E-state index is 0.0111. The summed E-state index contributed by atoms with van der Waals surface area (Å²) in [5.41, 5.74) is -1.18. The number of nitrogens with zero attached hydrogens (tertiary/aromatic N) is 1. The summed E-state index contributed by atoms with van der Waals surface area (Å²) in [5, 5.41) is 9.75. The van der Waals surface area contributed by atoms with Crippen LogP contribution in [0.15, 0.2) is 30.3 Å².